The molecule has 9 nitrogen and oxygen atoms in total. The van der Waals surface area contributed by atoms with Crippen molar-refractivity contribution < 1.29 is 22.8 Å². The number of allylic oxidation sites excluding steroid dienone is 1. The number of aromatic nitrogens is 3. The van der Waals surface area contributed by atoms with Crippen LogP contribution in [-0.2, 0) is 4.79 Å². The average Bonchev–Trinajstić information content (AvgIpc) is 3.59. The van der Waals surface area contributed by atoms with Gasteiger partial charge in [0, 0.05) is 55.6 Å². The summed E-state index contributed by atoms with van der Waals surface area (Å²) in [5, 5.41) is 11.1. The molecule has 2 fully saturated rings. The molecule has 1 spiro atoms. The Bertz CT molecular complexity index is 1370. The molecule has 5 rings (SSSR count). The normalized spacial score (nSPS) is 20.9. The number of alkyl halides is 3. The van der Waals surface area contributed by atoms with Gasteiger partial charge in [-0.05, 0) is 68.5 Å². The summed E-state index contributed by atoms with van der Waals surface area (Å²) >= 11 is 0. The van der Waals surface area contributed by atoms with Crippen molar-refractivity contribution in [3.8, 4) is 0 Å². The lowest BCUT2D eigenvalue weighted by Gasteiger charge is -2.42. The smallest absolute Gasteiger partial charge is 0.339 e. The molecule has 2 saturated heterocycles. The topological polar surface area (TPSA) is 95.4 Å². The van der Waals surface area contributed by atoms with Gasteiger partial charge in [-0.25, -0.2) is 4.68 Å². The second-order valence-electron chi connectivity index (χ2n) is 11.1. The molecule has 2 amide bonds. The number of carbonyl (C=O) groups excluding carboxylic acids is 2. The fraction of sp³-hybridized carbons (Fsp3) is 0.467. The summed E-state index contributed by atoms with van der Waals surface area (Å²) < 4.78 is 38.9. The van der Waals surface area contributed by atoms with Gasteiger partial charge in [-0.1, -0.05) is 19.2 Å². The molecule has 4 heterocycles. The average molecular weight is 584 g/mol. The number of piperidine rings is 1. The Morgan fingerprint density at radius 2 is 1.90 bits per heavy atom. The third-order valence-electron chi connectivity index (χ3n) is 8.33. The predicted molar refractivity (Wildman–Crippen MR) is 155 cm³/mol. The standard InChI is InChI=1S/C30H36F3N7O2/c1-3-40-26(21(2)22-11-18-38(19-12-22)25(41)10-15-30(31,32)33)36-28(37-40)35-24-8-6-23(7-9-24)27(42)39-17-5-14-29(39)13-4-16-34-20-29/h3,6-9,11,34H,1-2,4-5,10,12-20H2,(H,35,37). The highest BCUT2D eigenvalue weighted by Gasteiger charge is 2.44. The van der Waals surface area contributed by atoms with Crippen LogP contribution < -0.4 is 10.6 Å². The van der Waals surface area contributed by atoms with Crippen LogP contribution >= 0.6 is 0 Å². The van der Waals surface area contributed by atoms with Crippen molar-refractivity contribution in [2.45, 2.75) is 56.7 Å². The molecule has 42 heavy (non-hydrogen) atoms. The predicted octanol–water partition coefficient (Wildman–Crippen LogP) is 4.99. The number of nitrogens with one attached hydrogen (secondary N) is 2. The fourth-order valence-electron chi connectivity index (χ4n) is 6.06. The first-order valence-corrected chi connectivity index (χ1v) is 14.3. The fourth-order valence-corrected chi connectivity index (χ4v) is 6.06. The molecule has 0 saturated carbocycles. The van der Waals surface area contributed by atoms with E-state index in [4.69, 9.17) is 0 Å². The summed E-state index contributed by atoms with van der Waals surface area (Å²) in [6.45, 7) is 11.1. The molecule has 1 atom stereocenters. The Morgan fingerprint density at radius 1 is 1.14 bits per heavy atom. The molecule has 2 N–H and O–H groups in total. The Balaban J connectivity index is 1.22. The molecule has 224 valence electrons. The molecule has 3 aliphatic heterocycles. The molecule has 3 aliphatic rings. The molecule has 0 radical (unpaired) electrons. The third-order valence-corrected chi connectivity index (χ3v) is 8.33. The number of amides is 2. The Kier molecular flexibility index (Phi) is 8.53. The van der Waals surface area contributed by atoms with Crippen LogP contribution in [0.15, 0.2) is 49.1 Å². The van der Waals surface area contributed by atoms with Gasteiger partial charge in [0.2, 0.25) is 11.9 Å². The van der Waals surface area contributed by atoms with Gasteiger partial charge in [-0.2, -0.15) is 18.2 Å². The van der Waals surface area contributed by atoms with Crippen molar-refractivity contribution in [2.75, 3.05) is 38.0 Å². The van der Waals surface area contributed by atoms with Gasteiger partial charge in [0.1, 0.15) is 0 Å². The van der Waals surface area contributed by atoms with Crippen LogP contribution in [0.2, 0.25) is 0 Å². The Morgan fingerprint density at radius 3 is 2.55 bits per heavy atom. The lowest BCUT2D eigenvalue weighted by Crippen LogP contribution is -2.56. The van der Waals surface area contributed by atoms with Crippen molar-refractivity contribution >= 4 is 35.2 Å². The van der Waals surface area contributed by atoms with Gasteiger partial charge in [0.25, 0.3) is 5.91 Å². The van der Waals surface area contributed by atoms with Crippen LogP contribution in [0.5, 0.6) is 0 Å². The van der Waals surface area contributed by atoms with E-state index < -0.39 is 24.9 Å². The summed E-state index contributed by atoms with van der Waals surface area (Å²) in [5.41, 5.74) is 2.70. The lowest BCUT2D eigenvalue weighted by molar-refractivity contribution is -0.148. The number of rotatable bonds is 8. The summed E-state index contributed by atoms with van der Waals surface area (Å²) in [6.07, 6.45) is 1.85. The first kappa shape index (κ1) is 29.6. The first-order valence-electron chi connectivity index (χ1n) is 14.3. The van der Waals surface area contributed by atoms with Crippen molar-refractivity contribution in [1.82, 2.24) is 29.9 Å². The van der Waals surface area contributed by atoms with E-state index in [0.29, 0.717) is 41.6 Å². The van der Waals surface area contributed by atoms with Gasteiger partial charge < -0.3 is 20.4 Å². The molecule has 1 aromatic carbocycles. The molecule has 1 aromatic heterocycles. The highest BCUT2D eigenvalue weighted by Crippen LogP contribution is 2.36. The maximum Gasteiger partial charge on any atom is 0.389 e. The third kappa shape index (κ3) is 6.43. The molecular formula is C30H36F3N7O2. The SMILES string of the molecule is C=Cn1nc(Nc2ccc(C(=O)N3CCCC34CCCNC4)cc2)nc1C(=C)C1=CCN(C(=O)CCC(F)(F)F)CC1. The zero-order chi connectivity index (χ0) is 29.9. The number of hydrogen-bond donors (Lipinski definition) is 2. The van der Waals surface area contributed by atoms with Gasteiger partial charge in [0.15, 0.2) is 5.82 Å². The number of nitrogens with zero attached hydrogens (tertiary/aromatic N) is 5. The van der Waals surface area contributed by atoms with E-state index >= 15 is 0 Å². The maximum absolute atomic E-state index is 13.4. The molecule has 12 heteroatoms. The van der Waals surface area contributed by atoms with E-state index in [2.05, 4.69) is 33.9 Å². The minimum Gasteiger partial charge on any atom is -0.339 e. The van der Waals surface area contributed by atoms with Gasteiger partial charge in [-0.15, -0.1) is 5.10 Å². The largest absolute Gasteiger partial charge is 0.389 e. The summed E-state index contributed by atoms with van der Waals surface area (Å²) in [4.78, 5) is 33.6. The molecule has 2 aromatic rings. The van der Waals surface area contributed by atoms with E-state index in [-0.39, 0.29) is 18.0 Å². The highest BCUT2D eigenvalue weighted by atomic mass is 19.4. The molecule has 0 aliphatic carbocycles. The first-order chi connectivity index (χ1) is 20.1. The second kappa shape index (κ2) is 12.1. The van der Waals surface area contributed by atoms with E-state index in [0.717, 1.165) is 50.9 Å². The van der Waals surface area contributed by atoms with Crippen LogP contribution in [0.4, 0.5) is 24.8 Å². The van der Waals surface area contributed by atoms with Gasteiger partial charge in [0.05, 0.1) is 12.0 Å². The minimum absolute atomic E-state index is 0.0526. The lowest BCUT2D eigenvalue weighted by atomic mass is 9.87. The summed E-state index contributed by atoms with van der Waals surface area (Å²) in [6, 6.07) is 7.27. The quantitative estimate of drug-likeness (QED) is 0.455. The summed E-state index contributed by atoms with van der Waals surface area (Å²) in [5.74, 6) is 0.310. The van der Waals surface area contributed by atoms with Crippen LogP contribution in [0, 0.1) is 0 Å². The van der Waals surface area contributed by atoms with Gasteiger partial charge in [-0.3, -0.25) is 9.59 Å². The number of hydrogen-bond acceptors (Lipinski definition) is 6. The van der Waals surface area contributed by atoms with Crippen LogP contribution in [0.25, 0.3) is 11.8 Å². The van der Waals surface area contributed by atoms with Crippen LogP contribution in [0.1, 0.15) is 61.1 Å². The van der Waals surface area contributed by atoms with E-state index in [1.807, 2.05) is 29.2 Å². The molecule has 1 unspecified atom stereocenters. The Labute approximate surface area is 243 Å². The number of anilines is 2. The highest BCUT2D eigenvalue weighted by molar-refractivity contribution is 5.95. The minimum atomic E-state index is -4.36. The van der Waals surface area contributed by atoms with Crippen molar-refractivity contribution in [1.29, 1.82) is 0 Å². The molecular weight excluding hydrogens is 547 g/mol. The number of halogens is 3. The van der Waals surface area contributed by atoms with E-state index in [1.54, 1.807) is 6.08 Å². The van der Waals surface area contributed by atoms with Crippen molar-refractivity contribution in [3.63, 3.8) is 0 Å². The zero-order valence-electron chi connectivity index (χ0n) is 23.6. The van der Waals surface area contributed by atoms with Crippen molar-refractivity contribution in [2.24, 2.45) is 0 Å². The summed E-state index contributed by atoms with van der Waals surface area (Å²) in [7, 11) is 0. The van der Waals surface area contributed by atoms with Crippen molar-refractivity contribution in [3.05, 3.63) is 60.5 Å². The van der Waals surface area contributed by atoms with E-state index in [1.165, 1.54) is 15.8 Å². The van der Waals surface area contributed by atoms with Crippen LogP contribution in [-0.4, -0.2) is 80.8 Å². The van der Waals surface area contributed by atoms with Crippen LogP contribution in [0.3, 0.4) is 0 Å². The zero-order valence-corrected chi connectivity index (χ0v) is 23.6. The second-order valence-corrected chi connectivity index (χ2v) is 11.1. The number of likely N-dealkylation sites (tertiary alicyclic amines) is 1. The van der Waals surface area contributed by atoms with Gasteiger partial charge >= 0.3 is 6.18 Å². The Hall–Kier alpha value is -3.93. The van der Waals surface area contributed by atoms with E-state index in [9.17, 15) is 22.8 Å². The monoisotopic (exact) mass is 583 g/mol. The maximum atomic E-state index is 13.4. The number of carbonyl (C=O) groups is 2. The number of benzene rings is 1. The molecule has 0 bridgehead atoms.